The highest BCUT2D eigenvalue weighted by Crippen LogP contribution is 2.31. The normalized spacial score (nSPS) is 16.6. The van der Waals surface area contributed by atoms with Gasteiger partial charge in [0.05, 0.1) is 10.2 Å². The molecule has 1 aliphatic rings. The van der Waals surface area contributed by atoms with E-state index in [-0.39, 0.29) is 0 Å². The van der Waals surface area contributed by atoms with Crippen LogP contribution in [0.3, 0.4) is 0 Å². The fourth-order valence-electron chi connectivity index (χ4n) is 3.24. The molecule has 2 heterocycles. The molecule has 0 radical (unpaired) electrons. The first-order valence-corrected chi connectivity index (χ1v) is 9.75. The molecule has 1 N–H and O–H groups in total. The van der Waals surface area contributed by atoms with Crippen LogP contribution in [-0.2, 0) is 6.42 Å². The molecule has 2 aromatic rings. The average molecular weight is 429 g/mol. The van der Waals surface area contributed by atoms with Crippen LogP contribution >= 0.6 is 31.9 Å². The van der Waals surface area contributed by atoms with Crippen molar-refractivity contribution in [2.45, 2.75) is 58.4 Å². The van der Waals surface area contributed by atoms with Gasteiger partial charge in [0.15, 0.2) is 5.65 Å². The highest BCUT2D eigenvalue weighted by molar-refractivity contribution is 9.11. The summed E-state index contributed by atoms with van der Waals surface area (Å²) >= 11 is 7.24. The Hall–Kier alpha value is -0.550. The minimum atomic E-state index is 0.581. The van der Waals surface area contributed by atoms with Crippen LogP contribution in [0.4, 0.5) is 5.82 Å². The predicted molar refractivity (Wildman–Crippen MR) is 99.6 cm³/mol. The molecule has 0 bridgehead atoms. The van der Waals surface area contributed by atoms with Crippen LogP contribution in [0, 0.1) is 5.92 Å². The largest absolute Gasteiger partial charge is 0.367 e. The van der Waals surface area contributed by atoms with Gasteiger partial charge in [0.1, 0.15) is 5.82 Å². The van der Waals surface area contributed by atoms with E-state index in [9.17, 15) is 0 Å². The average Bonchev–Trinajstić information content (AvgIpc) is 2.78. The monoisotopic (exact) mass is 427 g/mol. The Morgan fingerprint density at radius 3 is 2.68 bits per heavy atom. The predicted octanol–water partition coefficient (Wildman–Crippen LogP) is 5.80. The lowest BCUT2D eigenvalue weighted by Gasteiger charge is -2.24. The van der Waals surface area contributed by atoms with Crippen molar-refractivity contribution in [2.24, 2.45) is 5.92 Å². The molecule has 0 unspecified atom stereocenters. The smallest absolute Gasteiger partial charge is 0.153 e. The number of halogens is 2. The minimum Gasteiger partial charge on any atom is -0.367 e. The van der Waals surface area contributed by atoms with Gasteiger partial charge in [-0.05, 0) is 63.1 Å². The number of fused-ring (bicyclic) bond motifs is 1. The summed E-state index contributed by atoms with van der Waals surface area (Å²) in [5.74, 6) is 1.77. The van der Waals surface area contributed by atoms with Crippen LogP contribution in [-0.4, -0.2) is 15.4 Å². The highest BCUT2D eigenvalue weighted by atomic mass is 79.9. The fourth-order valence-corrected chi connectivity index (χ4v) is 4.51. The van der Waals surface area contributed by atoms with Crippen molar-refractivity contribution in [1.29, 1.82) is 0 Å². The summed E-state index contributed by atoms with van der Waals surface area (Å²) in [6.45, 7) is 4.50. The minimum absolute atomic E-state index is 0.581. The second-order valence-corrected chi connectivity index (χ2v) is 8.45. The van der Waals surface area contributed by atoms with E-state index in [2.05, 4.69) is 67.7 Å². The number of pyridine rings is 1. The summed E-state index contributed by atoms with van der Waals surface area (Å²) in [7, 11) is 0. The van der Waals surface area contributed by atoms with Gasteiger partial charge < -0.3 is 5.32 Å². The zero-order valence-corrected chi connectivity index (χ0v) is 16.4. The standard InChI is InChI=1S/C17H23Br2N3/c1-11(2)8-15-17(20-13-6-4-3-5-7-13)22-10-12(18)9-14(19)16(22)21-15/h9-11,13,20H,3-8H2,1-2H3. The van der Waals surface area contributed by atoms with Crippen molar-refractivity contribution < 1.29 is 0 Å². The van der Waals surface area contributed by atoms with Crippen LogP contribution < -0.4 is 5.32 Å². The van der Waals surface area contributed by atoms with Crippen LogP contribution in [0.2, 0.25) is 0 Å². The van der Waals surface area contributed by atoms with Gasteiger partial charge in [-0.15, -0.1) is 0 Å². The fraction of sp³-hybridized carbons (Fsp3) is 0.588. The van der Waals surface area contributed by atoms with E-state index in [0.29, 0.717) is 12.0 Å². The highest BCUT2D eigenvalue weighted by Gasteiger charge is 2.20. The molecule has 1 aliphatic carbocycles. The second kappa shape index (κ2) is 6.91. The Bertz CT molecular complexity index is 657. The maximum atomic E-state index is 4.89. The number of imidazole rings is 1. The summed E-state index contributed by atoms with van der Waals surface area (Å²) in [5, 5.41) is 3.79. The Morgan fingerprint density at radius 2 is 2.00 bits per heavy atom. The Labute approximate surface area is 149 Å². The Morgan fingerprint density at radius 1 is 1.27 bits per heavy atom. The van der Waals surface area contributed by atoms with E-state index < -0.39 is 0 Å². The van der Waals surface area contributed by atoms with Crippen molar-refractivity contribution in [3.05, 3.63) is 26.9 Å². The molecule has 0 atom stereocenters. The lowest BCUT2D eigenvalue weighted by molar-refractivity contribution is 0.461. The van der Waals surface area contributed by atoms with E-state index in [1.165, 1.54) is 43.6 Å². The second-order valence-electron chi connectivity index (χ2n) is 6.68. The summed E-state index contributed by atoms with van der Waals surface area (Å²) in [6.07, 6.45) is 9.69. The van der Waals surface area contributed by atoms with Crippen molar-refractivity contribution in [1.82, 2.24) is 9.38 Å². The van der Waals surface area contributed by atoms with Crippen molar-refractivity contribution in [2.75, 3.05) is 5.32 Å². The van der Waals surface area contributed by atoms with Crippen molar-refractivity contribution in [3.8, 4) is 0 Å². The van der Waals surface area contributed by atoms with E-state index in [1.807, 2.05) is 0 Å². The first kappa shape index (κ1) is 16.3. The third-order valence-corrected chi connectivity index (χ3v) is 5.28. The van der Waals surface area contributed by atoms with Crippen LogP contribution in [0.25, 0.3) is 5.65 Å². The molecule has 0 amide bonds. The van der Waals surface area contributed by atoms with E-state index in [1.54, 1.807) is 0 Å². The summed E-state index contributed by atoms with van der Waals surface area (Å²) < 4.78 is 4.29. The van der Waals surface area contributed by atoms with Crippen LogP contribution in [0.15, 0.2) is 21.2 Å². The SMILES string of the molecule is CC(C)Cc1nc2c(Br)cc(Br)cn2c1NC1CCCCC1. The van der Waals surface area contributed by atoms with E-state index in [0.717, 1.165) is 21.0 Å². The maximum Gasteiger partial charge on any atom is 0.153 e. The Balaban J connectivity index is 2.02. The van der Waals surface area contributed by atoms with Gasteiger partial charge in [0.2, 0.25) is 0 Å². The van der Waals surface area contributed by atoms with Gasteiger partial charge >= 0.3 is 0 Å². The quantitative estimate of drug-likeness (QED) is 0.666. The molecule has 3 rings (SSSR count). The molecule has 1 fully saturated rings. The number of hydrogen-bond donors (Lipinski definition) is 1. The molecule has 0 aromatic carbocycles. The lowest BCUT2D eigenvalue weighted by Crippen LogP contribution is -2.23. The lowest BCUT2D eigenvalue weighted by atomic mass is 9.95. The summed E-state index contributed by atoms with van der Waals surface area (Å²) in [5.41, 5.74) is 2.18. The van der Waals surface area contributed by atoms with Gasteiger partial charge in [0.25, 0.3) is 0 Å². The van der Waals surface area contributed by atoms with Crippen molar-refractivity contribution in [3.63, 3.8) is 0 Å². The van der Waals surface area contributed by atoms with Crippen molar-refractivity contribution >= 4 is 43.3 Å². The van der Waals surface area contributed by atoms with Crippen LogP contribution in [0.5, 0.6) is 0 Å². The third-order valence-electron chi connectivity index (χ3n) is 4.26. The van der Waals surface area contributed by atoms with Gasteiger partial charge in [-0.2, -0.15) is 0 Å². The first-order valence-electron chi connectivity index (χ1n) is 8.17. The number of nitrogens with zero attached hydrogens (tertiary/aromatic N) is 2. The molecule has 0 spiro atoms. The van der Waals surface area contributed by atoms with Gasteiger partial charge in [-0.1, -0.05) is 33.1 Å². The third kappa shape index (κ3) is 3.51. The number of rotatable bonds is 4. The summed E-state index contributed by atoms with van der Waals surface area (Å²) in [6, 6.07) is 2.64. The molecule has 2 aromatic heterocycles. The summed E-state index contributed by atoms with van der Waals surface area (Å²) in [4.78, 5) is 4.89. The van der Waals surface area contributed by atoms with Gasteiger partial charge in [-0.3, -0.25) is 4.40 Å². The molecule has 0 saturated heterocycles. The first-order chi connectivity index (χ1) is 10.5. The number of hydrogen-bond acceptors (Lipinski definition) is 2. The molecular formula is C17H23Br2N3. The Kier molecular flexibility index (Phi) is 5.13. The molecule has 5 heteroatoms. The molecule has 0 aliphatic heterocycles. The van der Waals surface area contributed by atoms with Crippen LogP contribution in [0.1, 0.15) is 51.6 Å². The molecular weight excluding hydrogens is 406 g/mol. The van der Waals surface area contributed by atoms with E-state index >= 15 is 0 Å². The zero-order chi connectivity index (χ0) is 15.7. The number of anilines is 1. The zero-order valence-electron chi connectivity index (χ0n) is 13.2. The molecule has 3 nitrogen and oxygen atoms in total. The number of aromatic nitrogens is 2. The van der Waals surface area contributed by atoms with E-state index in [4.69, 9.17) is 4.98 Å². The topological polar surface area (TPSA) is 29.3 Å². The maximum absolute atomic E-state index is 4.89. The molecule has 120 valence electrons. The molecule has 22 heavy (non-hydrogen) atoms. The molecule has 1 saturated carbocycles. The van der Waals surface area contributed by atoms with Gasteiger partial charge in [-0.25, -0.2) is 4.98 Å². The number of nitrogens with one attached hydrogen (secondary N) is 1. The van der Waals surface area contributed by atoms with Gasteiger partial charge in [0, 0.05) is 16.7 Å².